The molecule has 1 aliphatic rings. The van der Waals surface area contributed by atoms with Crippen molar-refractivity contribution in [3.63, 3.8) is 0 Å². The smallest absolute Gasteiger partial charge is 0.280 e. The van der Waals surface area contributed by atoms with E-state index in [-0.39, 0.29) is 11.9 Å². The van der Waals surface area contributed by atoms with Crippen LogP contribution in [0.2, 0.25) is 25.7 Å². The summed E-state index contributed by atoms with van der Waals surface area (Å²) in [5.74, 6) is 0.738. The predicted octanol–water partition coefficient (Wildman–Crippen LogP) is 6.41. The lowest BCUT2D eigenvalue weighted by molar-refractivity contribution is 0.0898. The second kappa shape index (κ2) is 11.0. The zero-order valence-electron chi connectivity index (χ0n) is 23.9. The molecule has 0 N–H and O–H groups in total. The number of aromatic nitrogens is 4. The summed E-state index contributed by atoms with van der Waals surface area (Å²) in [5, 5.41) is 4.69. The van der Waals surface area contributed by atoms with Gasteiger partial charge in [-0.05, 0) is 62.2 Å². The molecule has 1 aliphatic heterocycles. The summed E-state index contributed by atoms with van der Waals surface area (Å²) in [7, 11) is -1.14. The van der Waals surface area contributed by atoms with Gasteiger partial charge in [-0.2, -0.15) is 5.10 Å². The van der Waals surface area contributed by atoms with Crippen molar-refractivity contribution in [3.05, 3.63) is 71.3 Å². The number of hydrogen-bond donors (Lipinski definition) is 0. The van der Waals surface area contributed by atoms with Crippen LogP contribution in [0.1, 0.15) is 53.6 Å². The minimum Gasteiger partial charge on any atom is -0.494 e. The van der Waals surface area contributed by atoms with Crippen molar-refractivity contribution in [1.82, 2.24) is 19.3 Å². The number of benzene rings is 2. The molecule has 3 heterocycles. The summed E-state index contributed by atoms with van der Waals surface area (Å²) in [6, 6.07) is 14.9. The van der Waals surface area contributed by atoms with Crippen LogP contribution in [-0.4, -0.2) is 46.5 Å². The van der Waals surface area contributed by atoms with E-state index in [4.69, 9.17) is 14.6 Å². The zero-order chi connectivity index (χ0) is 27.7. The Labute approximate surface area is 231 Å². The zero-order valence-corrected chi connectivity index (χ0v) is 24.9. The molecule has 4 aromatic rings. The van der Waals surface area contributed by atoms with Crippen molar-refractivity contribution in [1.29, 1.82) is 0 Å². The van der Waals surface area contributed by atoms with Gasteiger partial charge in [-0.25, -0.2) is 4.98 Å². The summed E-state index contributed by atoms with van der Waals surface area (Å²) in [5.41, 5.74) is 6.13. The number of amides is 1. The van der Waals surface area contributed by atoms with E-state index in [1.54, 1.807) is 0 Å². The molecule has 0 spiro atoms. The fourth-order valence-corrected chi connectivity index (χ4v) is 5.86. The fraction of sp³-hybridized carbons (Fsp3) is 0.433. The van der Waals surface area contributed by atoms with Crippen LogP contribution < -0.4 is 9.64 Å². The third kappa shape index (κ3) is 5.38. The molecule has 39 heavy (non-hydrogen) atoms. The van der Waals surface area contributed by atoms with Crippen LogP contribution in [0.3, 0.4) is 0 Å². The second-order valence-corrected chi connectivity index (χ2v) is 17.0. The Morgan fingerprint density at radius 1 is 1.03 bits per heavy atom. The Bertz CT molecular complexity index is 1470. The molecule has 5 rings (SSSR count). The molecule has 1 amide bonds. The van der Waals surface area contributed by atoms with Crippen molar-refractivity contribution in [2.45, 2.75) is 72.2 Å². The number of aryl methyl sites for hydroxylation is 1. The number of anilines is 1. The van der Waals surface area contributed by atoms with Crippen LogP contribution in [0, 0.1) is 6.92 Å². The van der Waals surface area contributed by atoms with Crippen LogP contribution in [-0.2, 0) is 18.0 Å². The van der Waals surface area contributed by atoms with E-state index in [0.717, 1.165) is 58.4 Å². The molecule has 8 nitrogen and oxygen atoms in total. The highest BCUT2D eigenvalue weighted by Gasteiger charge is 2.43. The Kier molecular flexibility index (Phi) is 7.64. The maximum absolute atomic E-state index is 13.9. The molecule has 9 heteroatoms. The monoisotopic (exact) mass is 545 g/mol. The maximum Gasteiger partial charge on any atom is 0.280 e. The molecular formula is C30H39N5O3Si. The minimum absolute atomic E-state index is 0.0925. The molecule has 2 aromatic heterocycles. The molecule has 0 aliphatic carbocycles. The van der Waals surface area contributed by atoms with Gasteiger partial charge in [0.1, 0.15) is 12.5 Å². The average molecular weight is 546 g/mol. The molecule has 1 unspecified atom stereocenters. The van der Waals surface area contributed by atoms with Gasteiger partial charge < -0.3 is 14.0 Å². The molecule has 206 valence electrons. The first-order valence-electron chi connectivity index (χ1n) is 13.9. The minimum atomic E-state index is -1.14. The van der Waals surface area contributed by atoms with Crippen LogP contribution in [0.25, 0.3) is 11.0 Å². The van der Waals surface area contributed by atoms with Crippen LogP contribution in [0.5, 0.6) is 5.75 Å². The summed E-state index contributed by atoms with van der Waals surface area (Å²) < 4.78 is 15.7. The highest BCUT2D eigenvalue weighted by molar-refractivity contribution is 6.76. The van der Waals surface area contributed by atoms with Crippen molar-refractivity contribution in [2.24, 2.45) is 0 Å². The van der Waals surface area contributed by atoms with E-state index < -0.39 is 8.07 Å². The van der Waals surface area contributed by atoms with Crippen molar-refractivity contribution in [3.8, 4) is 5.75 Å². The van der Waals surface area contributed by atoms with Gasteiger partial charge in [-0.15, -0.1) is 0 Å². The van der Waals surface area contributed by atoms with Gasteiger partial charge in [-0.3, -0.25) is 14.4 Å². The Hall–Kier alpha value is -3.43. The van der Waals surface area contributed by atoms with Crippen LogP contribution in [0.4, 0.5) is 5.69 Å². The van der Waals surface area contributed by atoms with E-state index in [2.05, 4.69) is 43.7 Å². The Balaban J connectivity index is 1.47. The fourth-order valence-electron chi connectivity index (χ4n) is 5.11. The standard InChI is InChI=1S/C30H39N5O3Si/c1-7-15-38-24-12-9-22(10-13-24)29-27-21(3)34(8-2)32-28(27)30(36)35(29)23-11-14-26-25(18-23)31-19-33(26)20-37-16-17-39(4,5)6/h9-14,18-19,29H,7-8,15-17,20H2,1-6H3. The Morgan fingerprint density at radius 3 is 2.49 bits per heavy atom. The third-order valence-electron chi connectivity index (χ3n) is 7.28. The molecule has 1 atom stereocenters. The molecule has 0 saturated carbocycles. The average Bonchev–Trinajstić information content (AvgIpc) is 3.56. The first-order valence-corrected chi connectivity index (χ1v) is 17.6. The largest absolute Gasteiger partial charge is 0.494 e. The third-order valence-corrected chi connectivity index (χ3v) is 8.99. The summed E-state index contributed by atoms with van der Waals surface area (Å²) >= 11 is 0. The van der Waals surface area contributed by atoms with Gasteiger partial charge in [0.05, 0.1) is 30.0 Å². The summed E-state index contributed by atoms with van der Waals surface area (Å²) in [6.07, 6.45) is 2.76. The number of carbonyl (C=O) groups excluding carboxylic acids is 1. The predicted molar refractivity (Wildman–Crippen MR) is 157 cm³/mol. The van der Waals surface area contributed by atoms with Crippen LogP contribution in [0.15, 0.2) is 48.8 Å². The highest BCUT2D eigenvalue weighted by Crippen LogP contribution is 2.43. The first kappa shape index (κ1) is 27.1. The van der Waals surface area contributed by atoms with Gasteiger partial charge in [0, 0.05) is 38.2 Å². The van der Waals surface area contributed by atoms with Gasteiger partial charge in [0.15, 0.2) is 5.69 Å². The van der Waals surface area contributed by atoms with Gasteiger partial charge in [-0.1, -0.05) is 38.7 Å². The molecule has 0 saturated heterocycles. The number of imidazole rings is 1. The van der Waals surface area contributed by atoms with E-state index in [1.807, 2.05) is 64.7 Å². The van der Waals surface area contributed by atoms with Gasteiger partial charge in [0.25, 0.3) is 5.91 Å². The lowest BCUT2D eigenvalue weighted by atomic mass is 9.98. The number of nitrogens with zero attached hydrogens (tertiary/aromatic N) is 5. The lowest BCUT2D eigenvalue weighted by Gasteiger charge is -2.27. The number of rotatable bonds is 11. The van der Waals surface area contributed by atoms with E-state index in [0.29, 0.717) is 25.6 Å². The maximum atomic E-state index is 13.9. The SMILES string of the molecule is CCCOc1ccc(C2c3c(nn(CC)c3C)C(=O)N2c2ccc3c(c2)ncn3COCC[Si](C)(C)C)cc1. The normalized spacial score (nSPS) is 15.4. The second-order valence-electron chi connectivity index (χ2n) is 11.4. The van der Waals surface area contributed by atoms with E-state index in [9.17, 15) is 4.79 Å². The topological polar surface area (TPSA) is 74.4 Å². The number of hydrogen-bond acceptors (Lipinski definition) is 5. The molecule has 0 bridgehead atoms. The number of fused-ring (bicyclic) bond motifs is 2. The van der Waals surface area contributed by atoms with Gasteiger partial charge in [0.2, 0.25) is 0 Å². The number of ether oxygens (including phenoxy) is 2. The van der Waals surface area contributed by atoms with E-state index >= 15 is 0 Å². The van der Waals surface area contributed by atoms with E-state index in [1.165, 1.54) is 0 Å². The number of carbonyl (C=O) groups is 1. The lowest BCUT2D eigenvalue weighted by Crippen LogP contribution is -2.30. The molecule has 0 radical (unpaired) electrons. The van der Waals surface area contributed by atoms with Crippen molar-refractivity contribution in [2.75, 3.05) is 18.1 Å². The van der Waals surface area contributed by atoms with Crippen molar-refractivity contribution >= 4 is 30.7 Å². The molecule has 2 aromatic carbocycles. The molecular weight excluding hydrogens is 506 g/mol. The summed E-state index contributed by atoms with van der Waals surface area (Å²) in [6.45, 7) is 15.8. The van der Waals surface area contributed by atoms with Crippen molar-refractivity contribution < 1.29 is 14.3 Å². The van der Waals surface area contributed by atoms with Crippen LogP contribution >= 0.6 is 0 Å². The first-order chi connectivity index (χ1) is 18.7. The summed E-state index contributed by atoms with van der Waals surface area (Å²) in [4.78, 5) is 20.3. The quantitative estimate of drug-likeness (QED) is 0.161. The molecule has 0 fully saturated rings. The Morgan fingerprint density at radius 2 is 1.79 bits per heavy atom. The highest BCUT2D eigenvalue weighted by atomic mass is 28.3. The van der Waals surface area contributed by atoms with Gasteiger partial charge >= 0.3 is 0 Å².